The molecule has 2 N–H and O–H groups in total. The molecule has 0 amide bonds. The molecule has 0 saturated carbocycles. The summed E-state index contributed by atoms with van der Waals surface area (Å²) < 4.78 is 5.16. The van der Waals surface area contributed by atoms with Crippen LogP contribution in [0, 0.1) is 10.1 Å². The van der Waals surface area contributed by atoms with E-state index in [0.717, 1.165) is 5.56 Å². The molecule has 5 rings (SSSR count). The molecule has 1 aliphatic rings. The predicted molar refractivity (Wildman–Crippen MR) is 138 cm³/mol. The quantitative estimate of drug-likeness (QED) is 0.278. The minimum atomic E-state index is -1.04. The normalized spacial score (nSPS) is 14.5. The van der Waals surface area contributed by atoms with Crippen LogP contribution in [0.25, 0.3) is 22.6 Å². The number of carbonyl (C=O) groups is 1. The average Bonchev–Trinajstić information content (AvgIpc) is 2.88. The molecule has 0 unspecified atom stereocenters. The lowest BCUT2D eigenvalue weighted by Crippen LogP contribution is -2.31. The van der Waals surface area contributed by atoms with E-state index in [9.17, 15) is 25.1 Å². The number of nitro groups is 1. The molecule has 0 spiro atoms. The van der Waals surface area contributed by atoms with Crippen LogP contribution in [0.3, 0.4) is 0 Å². The standard InChI is InChI=1S/C28H23N3O6/c1-37-24-13-18(12-23(27(24)32)31(35)36)11-19-15-30(14-17-7-3-2-4-8-17)16-21-25(28(33)34)20-9-5-6-10-22(20)29-26(19)21/h2-13,32H,14-16H2,1H3,(H,33,34). The first-order valence-electron chi connectivity index (χ1n) is 11.5. The highest BCUT2D eigenvalue weighted by molar-refractivity contribution is 6.06. The van der Waals surface area contributed by atoms with Crippen molar-refractivity contribution in [1.29, 1.82) is 0 Å². The number of phenolic OH excluding ortho intramolecular Hbond substituents is 1. The average molecular weight is 498 g/mol. The predicted octanol–water partition coefficient (Wildman–Crippen LogP) is 5.11. The van der Waals surface area contributed by atoms with Gasteiger partial charge in [-0.25, -0.2) is 9.78 Å². The van der Waals surface area contributed by atoms with Crippen LogP contribution in [0.2, 0.25) is 0 Å². The van der Waals surface area contributed by atoms with Crippen LogP contribution < -0.4 is 4.74 Å². The third-order valence-electron chi connectivity index (χ3n) is 6.37. The molecule has 9 heteroatoms. The number of aromatic carboxylic acids is 1. The second kappa shape index (κ2) is 9.71. The lowest BCUT2D eigenvalue weighted by molar-refractivity contribution is -0.386. The number of methoxy groups -OCH3 is 1. The van der Waals surface area contributed by atoms with Gasteiger partial charge in [0.15, 0.2) is 5.75 Å². The van der Waals surface area contributed by atoms with Gasteiger partial charge in [-0.15, -0.1) is 0 Å². The maximum atomic E-state index is 12.5. The number of aromatic nitrogens is 1. The summed E-state index contributed by atoms with van der Waals surface area (Å²) >= 11 is 0. The fourth-order valence-electron chi connectivity index (χ4n) is 4.77. The van der Waals surface area contributed by atoms with Gasteiger partial charge in [0.2, 0.25) is 5.75 Å². The zero-order chi connectivity index (χ0) is 26.1. The van der Waals surface area contributed by atoms with Gasteiger partial charge in [0.05, 0.1) is 28.8 Å². The number of rotatable bonds is 6. The fraction of sp³-hybridized carbons (Fsp3) is 0.143. The Hall–Kier alpha value is -4.76. The van der Waals surface area contributed by atoms with Gasteiger partial charge in [0.25, 0.3) is 0 Å². The van der Waals surface area contributed by atoms with Crippen molar-refractivity contribution in [2.75, 3.05) is 13.7 Å². The number of carboxylic acid groups (broad SMARTS) is 1. The Morgan fingerprint density at radius 3 is 2.57 bits per heavy atom. The zero-order valence-electron chi connectivity index (χ0n) is 19.9. The van der Waals surface area contributed by atoms with Gasteiger partial charge in [-0.1, -0.05) is 48.5 Å². The van der Waals surface area contributed by atoms with E-state index in [2.05, 4.69) is 4.90 Å². The summed E-state index contributed by atoms with van der Waals surface area (Å²) in [6.07, 6.45) is 1.73. The number of pyridine rings is 1. The number of para-hydroxylation sites is 1. The first-order chi connectivity index (χ1) is 17.9. The number of hydrogen-bond donors (Lipinski definition) is 2. The molecule has 2 heterocycles. The summed E-state index contributed by atoms with van der Waals surface area (Å²) in [6, 6.07) is 19.7. The molecule has 0 atom stereocenters. The maximum Gasteiger partial charge on any atom is 0.336 e. The van der Waals surface area contributed by atoms with Crippen LogP contribution in [-0.4, -0.2) is 44.6 Å². The number of ether oxygens (including phenoxy) is 1. The maximum absolute atomic E-state index is 12.5. The number of nitrogens with zero attached hydrogens (tertiary/aromatic N) is 3. The first kappa shape index (κ1) is 24.0. The minimum absolute atomic E-state index is 0.0316. The Balaban J connectivity index is 1.72. The summed E-state index contributed by atoms with van der Waals surface area (Å²) in [5.74, 6) is -1.63. The third-order valence-corrected chi connectivity index (χ3v) is 6.37. The second-order valence-electron chi connectivity index (χ2n) is 8.78. The highest BCUT2D eigenvalue weighted by Gasteiger charge is 2.29. The molecule has 0 bridgehead atoms. The number of carboxylic acids is 1. The Bertz CT molecular complexity index is 1570. The number of nitro benzene ring substituents is 1. The highest BCUT2D eigenvalue weighted by Crippen LogP contribution is 2.39. The van der Waals surface area contributed by atoms with Crippen LogP contribution in [0.5, 0.6) is 11.5 Å². The number of hydrogen-bond acceptors (Lipinski definition) is 7. The van der Waals surface area contributed by atoms with E-state index in [1.807, 2.05) is 30.3 Å². The van der Waals surface area contributed by atoms with Gasteiger partial charge in [-0.05, 0) is 34.9 Å². The molecule has 0 aliphatic carbocycles. The molecule has 186 valence electrons. The van der Waals surface area contributed by atoms with E-state index in [4.69, 9.17) is 9.72 Å². The van der Waals surface area contributed by atoms with Crippen LogP contribution in [0.15, 0.2) is 66.7 Å². The summed E-state index contributed by atoms with van der Waals surface area (Å²) in [6.45, 7) is 1.38. The molecule has 9 nitrogen and oxygen atoms in total. The van der Waals surface area contributed by atoms with E-state index < -0.39 is 22.3 Å². The number of aromatic hydroxyl groups is 1. The molecular formula is C28H23N3O6. The van der Waals surface area contributed by atoms with Crippen molar-refractivity contribution in [3.8, 4) is 11.5 Å². The Morgan fingerprint density at radius 2 is 1.86 bits per heavy atom. The van der Waals surface area contributed by atoms with Gasteiger partial charge >= 0.3 is 11.7 Å². The van der Waals surface area contributed by atoms with E-state index >= 15 is 0 Å². The smallest absolute Gasteiger partial charge is 0.336 e. The number of phenols is 1. The van der Waals surface area contributed by atoms with Crippen molar-refractivity contribution >= 4 is 34.2 Å². The summed E-state index contributed by atoms with van der Waals surface area (Å²) in [4.78, 5) is 30.3. The van der Waals surface area contributed by atoms with Crippen molar-refractivity contribution < 1.29 is 24.7 Å². The largest absolute Gasteiger partial charge is 0.500 e. The van der Waals surface area contributed by atoms with Crippen LogP contribution in [0.1, 0.15) is 32.7 Å². The highest BCUT2D eigenvalue weighted by atomic mass is 16.6. The molecule has 1 aliphatic heterocycles. The third kappa shape index (κ3) is 4.60. The van der Waals surface area contributed by atoms with Crippen molar-refractivity contribution in [2.24, 2.45) is 0 Å². The van der Waals surface area contributed by atoms with Crippen molar-refractivity contribution in [3.63, 3.8) is 0 Å². The minimum Gasteiger partial charge on any atom is -0.500 e. The molecular weight excluding hydrogens is 474 g/mol. The SMILES string of the molecule is COc1cc(C=C2CN(Cc3ccccc3)Cc3c2nc2ccccc2c3C(=O)O)cc([N+](=O)[O-])c1O. The molecule has 0 fully saturated rings. The molecule has 3 aromatic carbocycles. The summed E-state index contributed by atoms with van der Waals surface area (Å²) in [5, 5.41) is 32.5. The summed E-state index contributed by atoms with van der Waals surface area (Å²) in [7, 11) is 1.32. The number of fused-ring (bicyclic) bond motifs is 2. The molecule has 1 aromatic heterocycles. The Kier molecular flexibility index (Phi) is 6.29. The van der Waals surface area contributed by atoms with Crippen molar-refractivity contribution in [1.82, 2.24) is 9.88 Å². The van der Waals surface area contributed by atoms with Gasteiger partial charge in [-0.2, -0.15) is 0 Å². The van der Waals surface area contributed by atoms with Crippen LogP contribution in [-0.2, 0) is 13.1 Å². The van der Waals surface area contributed by atoms with Crippen LogP contribution in [0.4, 0.5) is 5.69 Å². The fourth-order valence-corrected chi connectivity index (χ4v) is 4.77. The topological polar surface area (TPSA) is 126 Å². The van der Waals surface area contributed by atoms with E-state index in [0.29, 0.717) is 52.9 Å². The number of benzene rings is 3. The second-order valence-corrected chi connectivity index (χ2v) is 8.78. The van der Waals surface area contributed by atoms with E-state index in [1.54, 1.807) is 30.3 Å². The monoisotopic (exact) mass is 497 g/mol. The van der Waals surface area contributed by atoms with Crippen molar-refractivity contribution in [3.05, 3.63) is 105 Å². The molecule has 0 radical (unpaired) electrons. The van der Waals surface area contributed by atoms with Crippen LogP contribution >= 0.6 is 0 Å². The first-order valence-corrected chi connectivity index (χ1v) is 11.5. The molecule has 0 saturated heterocycles. The van der Waals surface area contributed by atoms with E-state index in [1.165, 1.54) is 19.2 Å². The zero-order valence-corrected chi connectivity index (χ0v) is 19.9. The summed E-state index contributed by atoms with van der Waals surface area (Å²) in [5.41, 5.74) is 3.57. The molecule has 37 heavy (non-hydrogen) atoms. The van der Waals surface area contributed by atoms with Gasteiger partial charge in [-0.3, -0.25) is 15.0 Å². The van der Waals surface area contributed by atoms with Gasteiger partial charge in [0.1, 0.15) is 0 Å². The van der Waals surface area contributed by atoms with E-state index in [-0.39, 0.29) is 11.3 Å². The Morgan fingerprint density at radius 1 is 1.14 bits per heavy atom. The van der Waals surface area contributed by atoms with Crippen molar-refractivity contribution in [2.45, 2.75) is 13.1 Å². The Labute approximate surface area is 212 Å². The van der Waals surface area contributed by atoms with Gasteiger partial charge < -0.3 is 14.9 Å². The molecule has 4 aromatic rings. The van der Waals surface area contributed by atoms with Gasteiger partial charge in [0, 0.05) is 36.7 Å². The lowest BCUT2D eigenvalue weighted by Gasteiger charge is -2.31. The lowest BCUT2D eigenvalue weighted by atomic mass is 9.91.